The van der Waals surface area contributed by atoms with Crippen molar-refractivity contribution in [3.05, 3.63) is 81.5 Å². The molecule has 6 heteroatoms. The first kappa shape index (κ1) is 17.3. The number of carbonyl (C=O) groups excluding carboxylic acids is 1. The van der Waals surface area contributed by atoms with Crippen LogP contribution < -0.4 is 5.43 Å². The van der Waals surface area contributed by atoms with E-state index in [1.54, 1.807) is 36.4 Å². The van der Waals surface area contributed by atoms with Gasteiger partial charge in [0.05, 0.1) is 16.3 Å². The van der Waals surface area contributed by atoms with E-state index >= 15 is 0 Å². The van der Waals surface area contributed by atoms with E-state index < -0.39 is 0 Å². The van der Waals surface area contributed by atoms with Crippen LogP contribution in [-0.4, -0.2) is 12.1 Å². The number of nitrogens with one attached hydrogen (secondary N) is 1. The van der Waals surface area contributed by atoms with Gasteiger partial charge in [-0.3, -0.25) is 4.79 Å². The first-order chi connectivity index (χ1) is 12.0. The second kappa shape index (κ2) is 7.55. The summed E-state index contributed by atoms with van der Waals surface area (Å²) in [5, 5.41) is 4.85. The summed E-state index contributed by atoms with van der Waals surface area (Å²) in [4.78, 5) is 12.0. The molecule has 25 heavy (non-hydrogen) atoms. The molecule has 3 aromatic rings. The van der Waals surface area contributed by atoms with Gasteiger partial charge >= 0.3 is 0 Å². The van der Waals surface area contributed by atoms with Crippen molar-refractivity contribution in [1.29, 1.82) is 0 Å². The molecule has 4 nitrogen and oxygen atoms in total. The normalized spacial score (nSPS) is 11.0. The molecular weight excluding hydrogens is 359 g/mol. The van der Waals surface area contributed by atoms with Gasteiger partial charge in [0, 0.05) is 11.1 Å². The standard InChI is InChI=1S/C19H14Cl2N2O2/c1-12-2-4-13(5-3-12)19(24)23-22-11-15-7-9-18(25-15)14-6-8-16(20)17(21)10-14/h2-11H,1H3,(H,23,24)/b22-11-. The van der Waals surface area contributed by atoms with Gasteiger partial charge < -0.3 is 4.42 Å². The van der Waals surface area contributed by atoms with Crippen molar-refractivity contribution in [3.63, 3.8) is 0 Å². The van der Waals surface area contributed by atoms with Crippen molar-refractivity contribution in [2.45, 2.75) is 6.92 Å². The molecule has 1 aromatic heterocycles. The summed E-state index contributed by atoms with van der Waals surface area (Å²) in [6.07, 6.45) is 1.44. The zero-order chi connectivity index (χ0) is 17.8. The molecule has 1 amide bonds. The third kappa shape index (κ3) is 4.29. The quantitative estimate of drug-likeness (QED) is 0.497. The van der Waals surface area contributed by atoms with Crippen LogP contribution in [0.2, 0.25) is 10.0 Å². The van der Waals surface area contributed by atoms with Crippen molar-refractivity contribution in [1.82, 2.24) is 5.43 Å². The van der Waals surface area contributed by atoms with Crippen molar-refractivity contribution in [2.75, 3.05) is 0 Å². The molecule has 0 aliphatic rings. The second-order valence-electron chi connectivity index (χ2n) is 5.40. The van der Waals surface area contributed by atoms with Crippen LogP contribution in [-0.2, 0) is 0 Å². The fourth-order valence-electron chi connectivity index (χ4n) is 2.15. The van der Waals surface area contributed by atoms with E-state index in [-0.39, 0.29) is 5.91 Å². The number of hydrogen-bond acceptors (Lipinski definition) is 3. The molecule has 0 spiro atoms. The van der Waals surface area contributed by atoms with E-state index in [2.05, 4.69) is 10.5 Å². The lowest BCUT2D eigenvalue weighted by molar-refractivity contribution is 0.0955. The van der Waals surface area contributed by atoms with Crippen LogP contribution in [0.4, 0.5) is 0 Å². The van der Waals surface area contributed by atoms with Crippen LogP contribution in [0.15, 0.2) is 64.1 Å². The maximum Gasteiger partial charge on any atom is 0.271 e. The second-order valence-corrected chi connectivity index (χ2v) is 6.21. The van der Waals surface area contributed by atoms with Crippen LogP contribution in [0.3, 0.4) is 0 Å². The van der Waals surface area contributed by atoms with Crippen molar-refractivity contribution in [3.8, 4) is 11.3 Å². The van der Waals surface area contributed by atoms with Crippen molar-refractivity contribution >= 4 is 35.3 Å². The largest absolute Gasteiger partial charge is 0.455 e. The van der Waals surface area contributed by atoms with Crippen molar-refractivity contribution < 1.29 is 9.21 Å². The van der Waals surface area contributed by atoms with Gasteiger partial charge in [-0.15, -0.1) is 0 Å². The molecule has 0 aliphatic heterocycles. The summed E-state index contributed by atoms with van der Waals surface area (Å²) < 4.78 is 5.67. The molecule has 0 bridgehead atoms. The Kier molecular flexibility index (Phi) is 5.22. The van der Waals surface area contributed by atoms with Crippen LogP contribution in [0, 0.1) is 6.92 Å². The minimum absolute atomic E-state index is 0.285. The zero-order valence-corrected chi connectivity index (χ0v) is 14.8. The molecule has 0 atom stereocenters. The van der Waals surface area contributed by atoms with Crippen molar-refractivity contribution in [2.24, 2.45) is 5.10 Å². The van der Waals surface area contributed by atoms with Crippen LogP contribution in [0.1, 0.15) is 21.7 Å². The van der Waals surface area contributed by atoms with Gasteiger partial charge in [0.2, 0.25) is 0 Å². The average Bonchev–Trinajstić information content (AvgIpc) is 3.07. The number of halogens is 2. The highest BCUT2D eigenvalue weighted by Crippen LogP contribution is 2.29. The molecule has 1 N–H and O–H groups in total. The van der Waals surface area contributed by atoms with Gasteiger partial charge in [0.25, 0.3) is 5.91 Å². The Hall–Kier alpha value is -2.56. The minimum atomic E-state index is -0.285. The lowest BCUT2D eigenvalue weighted by atomic mass is 10.1. The van der Waals surface area contributed by atoms with Gasteiger partial charge in [-0.2, -0.15) is 5.10 Å². The summed E-state index contributed by atoms with van der Waals surface area (Å²) in [5.41, 5.74) is 4.90. The van der Waals surface area contributed by atoms with E-state index in [1.165, 1.54) is 6.21 Å². The summed E-state index contributed by atoms with van der Waals surface area (Å²) in [5.74, 6) is 0.850. The number of hydrazone groups is 1. The highest BCUT2D eigenvalue weighted by Gasteiger charge is 2.07. The third-order valence-corrected chi connectivity index (χ3v) is 4.24. The summed E-state index contributed by atoms with van der Waals surface area (Å²) in [6.45, 7) is 1.96. The maximum absolute atomic E-state index is 12.0. The lowest BCUT2D eigenvalue weighted by Gasteiger charge is -2.00. The molecule has 1 heterocycles. The summed E-state index contributed by atoms with van der Waals surface area (Å²) >= 11 is 11.9. The van der Waals surface area contributed by atoms with Gasteiger partial charge in [-0.05, 0) is 49.4 Å². The monoisotopic (exact) mass is 372 g/mol. The van der Waals surface area contributed by atoms with E-state index in [1.807, 2.05) is 25.1 Å². The molecule has 0 saturated carbocycles. The SMILES string of the molecule is Cc1ccc(C(=O)N/N=C\c2ccc(-c3ccc(Cl)c(Cl)c3)o2)cc1. The van der Waals surface area contributed by atoms with Gasteiger partial charge in [0.15, 0.2) is 0 Å². The highest BCUT2D eigenvalue weighted by atomic mass is 35.5. The van der Waals surface area contributed by atoms with Crippen LogP contribution in [0.5, 0.6) is 0 Å². The van der Waals surface area contributed by atoms with Gasteiger partial charge in [-0.25, -0.2) is 5.43 Å². The molecule has 0 fully saturated rings. The average molecular weight is 373 g/mol. The summed E-state index contributed by atoms with van der Waals surface area (Å²) in [6, 6.07) is 16.0. The molecule has 3 rings (SSSR count). The van der Waals surface area contributed by atoms with Crippen LogP contribution in [0.25, 0.3) is 11.3 Å². The zero-order valence-electron chi connectivity index (χ0n) is 13.3. The van der Waals surface area contributed by atoms with Gasteiger partial charge in [0.1, 0.15) is 11.5 Å². The van der Waals surface area contributed by atoms with E-state index in [4.69, 9.17) is 27.6 Å². The van der Waals surface area contributed by atoms with E-state index in [9.17, 15) is 4.79 Å². The lowest BCUT2D eigenvalue weighted by Crippen LogP contribution is -2.17. The molecular formula is C19H14Cl2N2O2. The number of benzene rings is 2. The third-order valence-electron chi connectivity index (χ3n) is 3.50. The number of hydrogen-bond donors (Lipinski definition) is 1. The number of carbonyl (C=O) groups is 1. The number of furan rings is 1. The Morgan fingerprint density at radius 1 is 1.04 bits per heavy atom. The molecule has 0 unspecified atom stereocenters. The first-order valence-corrected chi connectivity index (χ1v) is 8.24. The van der Waals surface area contributed by atoms with Gasteiger partial charge in [-0.1, -0.05) is 40.9 Å². The Labute approximate surface area is 155 Å². The number of nitrogens with zero attached hydrogens (tertiary/aromatic N) is 1. The number of amides is 1. The van der Waals surface area contributed by atoms with Crippen LogP contribution >= 0.6 is 23.2 Å². The van der Waals surface area contributed by atoms with E-state index in [0.717, 1.165) is 11.1 Å². The predicted octanol–water partition coefficient (Wildman–Crippen LogP) is 5.33. The molecule has 0 radical (unpaired) electrons. The molecule has 0 aliphatic carbocycles. The molecule has 2 aromatic carbocycles. The highest BCUT2D eigenvalue weighted by molar-refractivity contribution is 6.42. The Morgan fingerprint density at radius 2 is 1.80 bits per heavy atom. The number of rotatable bonds is 4. The molecule has 0 saturated heterocycles. The smallest absolute Gasteiger partial charge is 0.271 e. The Bertz CT molecular complexity index is 931. The fraction of sp³-hybridized carbons (Fsp3) is 0.0526. The molecule has 126 valence electrons. The maximum atomic E-state index is 12.0. The topological polar surface area (TPSA) is 54.6 Å². The Balaban J connectivity index is 1.66. The summed E-state index contributed by atoms with van der Waals surface area (Å²) in [7, 11) is 0. The predicted molar refractivity (Wildman–Crippen MR) is 100 cm³/mol. The number of aryl methyl sites for hydroxylation is 1. The Morgan fingerprint density at radius 3 is 2.52 bits per heavy atom. The minimum Gasteiger partial charge on any atom is -0.455 e. The fourth-order valence-corrected chi connectivity index (χ4v) is 2.45. The van der Waals surface area contributed by atoms with E-state index in [0.29, 0.717) is 27.1 Å². The first-order valence-electron chi connectivity index (χ1n) is 7.48.